The van der Waals surface area contributed by atoms with Crippen molar-refractivity contribution >= 4 is 51.6 Å². The van der Waals surface area contributed by atoms with E-state index in [1.807, 2.05) is 65.2 Å². The molecule has 1 N–H and O–H groups in total. The van der Waals surface area contributed by atoms with Gasteiger partial charge in [-0.15, -0.1) is 0 Å². The van der Waals surface area contributed by atoms with Crippen molar-refractivity contribution in [1.29, 1.82) is 0 Å². The normalized spacial score (nSPS) is 18.7. The maximum atomic E-state index is 12.8. The van der Waals surface area contributed by atoms with Crippen molar-refractivity contribution in [2.75, 3.05) is 5.32 Å². The lowest BCUT2D eigenvalue weighted by Crippen LogP contribution is -2.26. The average Bonchev–Trinajstić information content (AvgIpc) is 3.00. The molecule has 1 aliphatic rings. The zero-order valence-electron chi connectivity index (χ0n) is 12.9. The Labute approximate surface area is 168 Å². The summed E-state index contributed by atoms with van der Waals surface area (Å²) in [7, 11) is 0. The van der Waals surface area contributed by atoms with Crippen LogP contribution in [0.4, 0.5) is 5.82 Å². The highest BCUT2D eigenvalue weighted by Gasteiger charge is 2.35. The number of rotatable bonds is 2. The number of pyridine rings is 1. The number of hydrogen-bond donors (Lipinski definition) is 1. The minimum atomic E-state index is -0.157. The molecule has 6 heteroatoms. The van der Waals surface area contributed by atoms with Crippen LogP contribution in [-0.4, -0.2) is 4.57 Å². The van der Waals surface area contributed by atoms with Gasteiger partial charge in [-0.1, -0.05) is 47.5 Å². The molecule has 0 spiro atoms. The Morgan fingerprint density at radius 2 is 1.40 bits per heavy atom. The number of nitrogens with zero attached hydrogens (tertiary/aromatic N) is 1. The van der Waals surface area contributed by atoms with Gasteiger partial charge >= 0.3 is 0 Å². The van der Waals surface area contributed by atoms with Crippen LogP contribution in [0.3, 0.4) is 0 Å². The predicted octanol–water partition coefficient (Wildman–Crippen LogP) is 5.52. The fourth-order valence-electron chi connectivity index (χ4n) is 3.25. The smallest absolute Gasteiger partial charge is 0.266 e. The van der Waals surface area contributed by atoms with Crippen LogP contribution in [0.15, 0.2) is 65.5 Å². The van der Waals surface area contributed by atoms with Crippen molar-refractivity contribution in [3.63, 3.8) is 0 Å². The Kier molecular flexibility index (Phi) is 4.52. The maximum Gasteiger partial charge on any atom is 0.266 e. The molecule has 2 atom stereocenters. The molecule has 0 amide bonds. The molecule has 0 aliphatic carbocycles. The lowest BCUT2D eigenvalue weighted by molar-refractivity contribution is 0.554. The fraction of sp³-hybridized carbons (Fsp3) is 0.105. The quantitative estimate of drug-likeness (QED) is 0.488. The van der Waals surface area contributed by atoms with E-state index < -0.39 is 0 Å². The first-order chi connectivity index (χ1) is 12.0. The number of benzene rings is 2. The van der Waals surface area contributed by atoms with E-state index in [-0.39, 0.29) is 17.6 Å². The van der Waals surface area contributed by atoms with Crippen molar-refractivity contribution in [2.45, 2.75) is 12.1 Å². The molecule has 2 heterocycles. The van der Waals surface area contributed by atoms with E-state index in [2.05, 4.69) is 27.9 Å². The lowest BCUT2D eigenvalue weighted by Gasteiger charge is -2.22. The third-order valence-corrected chi connectivity index (χ3v) is 5.73. The first kappa shape index (κ1) is 16.9. The molecule has 0 saturated heterocycles. The molecule has 1 aromatic heterocycles. The molecule has 3 aromatic rings. The highest BCUT2D eigenvalue weighted by molar-refractivity contribution is 14.1. The van der Waals surface area contributed by atoms with Gasteiger partial charge in [-0.25, -0.2) is 0 Å². The predicted molar refractivity (Wildman–Crippen MR) is 111 cm³/mol. The van der Waals surface area contributed by atoms with Gasteiger partial charge in [0, 0.05) is 10.0 Å². The molecule has 1 aliphatic heterocycles. The summed E-state index contributed by atoms with van der Waals surface area (Å²) in [5.74, 6) is 0.810. The summed E-state index contributed by atoms with van der Waals surface area (Å²) in [6, 6.07) is 18.9. The van der Waals surface area contributed by atoms with Crippen LogP contribution in [0, 0.1) is 3.57 Å². The second kappa shape index (κ2) is 6.67. The number of halogens is 3. The monoisotopic (exact) mass is 482 g/mol. The Hall–Kier alpha value is -1.50. The third-order valence-electron chi connectivity index (χ3n) is 4.41. The molecular weight excluding hydrogens is 470 g/mol. The summed E-state index contributed by atoms with van der Waals surface area (Å²) < 4.78 is 2.52. The largest absolute Gasteiger partial charge is 0.362 e. The zero-order valence-corrected chi connectivity index (χ0v) is 16.6. The molecule has 25 heavy (non-hydrogen) atoms. The summed E-state index contributed by atoms with van der Waals surface area (Å²) in [5.41, 5.74) is 2.10. The number of fused-ring (bicyclic) bond motifs is 1. The van der Waals surface area contributed by atoms with Crippen molar-refractivity contribution in [1.82, 2.24) is 4.57 Å². The summed E-state index contributed by atoms with van der Waals surface area (Å²) in [4.78, 5) is 12.8. The second-order valence-electron chi connectivity index (χ2n) is 5.91. The van der Waals surface area contributed by atoms with Gasteiger partial charge in [0.1, 0.15) is 5.82 Å². The minimum absolute atomic E-state index is 0.00186. The molecule has 0 unspecified atom stereocenters. The van der Waals surface area contributed by atoms with E-state index >= 15 is 0 Å². The standard InChI is InChI=1S/C19H13Cl2IN2O/c20-13-5-1-11(2-6-13)17-18(12-3-7-14(21)8-4-12)24-16(23-17)10-9-15(22)19(24)25/h1-10,17-18,23H/t17-,18+/m0/s1. The van der Waals surface area contributed by atoms with Gasteiger partial charge < -0.3 is 5.32 Å². The van der Waals surface area contributed by atoms with Crippen LogP contribution in [0.5, 0.6) is 0 Å². The van der Waals surface area contributed by atoms with Crippen LogP contribution in [0.25, 0.3) is 0 Å². The maximum absolute atomic E-state index is 12.8. The summed E-state index contributed by atoms with van der Waals surface area (Å²) >= 11 is 14.2. The molecule has 0 fully saturated rings. The zero-order chi connectivity index (χ0) is 17.6. The first-order valence-electron chi connectivity index (χ1n) is 7.73. The van der Waals surface area contributed by atoms with Crippen molar-refractivity contribution < 1.29 is 0 Å². The van der Waals surface area contributed by atoms with E-state index in [9.17, 15) is 4.79 Å². The fourth-order valence-corrected chi connectivity index (χ4v) is 3.94. The molecule has 0 radical (unpaired) electrons. The van der Waals surface area contributed by atoms with Gasteiger partial charge in [0.15, 0.2) is 0 Å². The van der Waals surface area contributed by atoms with Gasteiger partial charge in [-0.3, -0.25) is 9.36 Å². The van der Waals surface area contributed by atoms with E-state index in [0.29, 0.717) is 13.6 Å². The van der Waals surface area contributed by atoms with E-state index in [0.717, 1.165) is 16.9 Å². The molecule has 2 aromatic carbocycles. The van der Waals surface area contributed by atoms with Gasteiger partial charge in [-0.2, -0.15) is 0 Å². The minimum Gasteiger partial charge on any atom is -0.362 e. The molecule has 0 bridgehead atoms. The van der Waals surface area contributed by atoms with Crippen LogP contribution < -0.4 is 10.9 Å². The van der Waals surface area contributed by atoms with E-state index in [1.54, 1.807) is 0 Å². The Bertz CT molecular complexity index is 984. The summed E-state index contributed by atoms with van der Waals surface area (Å²) in [5, 5.41) is 4.85. The topological polar surface area (TPSA) is 34.0 Å². The van der Waals surface area contributed by atoms with Crippen molar-refractivity contribution in [3.8, 4) is 0 Å². The molecular formula is C19H13Cl2IN2O. The Balaban J connectivity index is 1.90. The highest BCUT2D eigenvalue weighted by Crippen LogP contribution is 2.41. The van der Waals surface area contributed by atoms with Gasteiger partial charge in [-0.05, 0) is 70.1 Å². The van der Waals surface area contributed by atoms with Crippen LogP contribution >= 0.6 is 45.8 Å². The van der Waals surface area contributed by atoms with E-state index in [4.69, 9.17) is 23.2 Å². The number of nitrogens with one attached hydrogen (secondary N) is 1. The molecule has 4 rings (SSSR count). The SMILES string of the molecule is O=c1c(I)ccc2n1[C@H](c1ccc(Cl)cc1)[C@H](c1ccc(Cl)cc1)N2. The number of hydrogen-bond acceptors (Lipinski definition) is 2. The Morgan fingerprint density at radius 3 is 2.00 bits per heavy atom. The van der Waals surface area contributed by atoms with Gasteiger partial charge in [0.25, 0.3) is 5.56 Å². The van der Waals surface area contributed by atoms with Crippen LogP contribution in [0.1, 0.15) is 23.2 Å². The summed E-state index contributed by atoms with van der Waals surface area (Å²) in [6.45, 7) is 0. The summed E-state index contributed by atoms with van der Waals surface area (Å²) in [6.07, 6.45) is 0. The number of anilines is 1. The lowest BCUT2D eigenvalue weighted by atomic mass is 9.94. The van der Waals surface area contributed by atoms with Crippen molar-refractivity contribution in [3.05, 3.63) is 95.8 Å². The van der Waals surface area contributed by atoms with Crippen molar-refractivity contribution in [2.24, 2.45) is 0 Å². The van der Waals surface area contributed by atoms with Gasteiger partial charge in [0.05, 0.1) is 15.7 Å². The van der Waals surface area contributed by atoms with Gasteiger partial charge in [0.2, 0.25) is 0 Å². The highest BCUT2D eigenvalue weighted by atomic mass is 127. The van der Waals surface area contributed by atoms with Crippen LogP contribution in [-0.2, 0) is 0 Å². The molecule has 3 nitrogen and oxygen atoms in total. The Morgan fingerprint density at radius 1 is 0.840 bits per heavy atom. The van der Waals surface area contributed by atoms with Crippen LogP contribution in [0.2, 0.25) is 10.0 Å². The molecule has 126 valence electrons. The van der Waals surface area contributed by atoms with E-state index in [1.165, 1.54) is 0 Å². The number of aromatic nitrogens is 1. The molecule has 0 saturated carbocycles. The third kappa shape index (κ3) is 3.07. The average molecular weight is 483 g/mol. The second-order valence-corrected chi connectivity index (χ2v) is 7.95. The first-order valence-corrected chi connectivity index (χ1v) is 9.56.